The van der Waals surface area contributed by atoms with Gasteiger partial charge in [-0.25, -0.2) is 13.6 Å². The lowest BCUT2D eigenvalue weighted by Gasteiger charge is -2.19. The average molecular weight is 474 g/mol. The Labute approximate surface area is 194 Å². The fraction of sp³-hybridized carbons (Fsp3) is 0.375. The summed E-state index contributed by atoms with van der Waals surface area (Å²) in [6.07, 6.45) is -0.881. The fourth-order valence-electron chi connectivity index (χ4n) is 4.57. The molecule has 1 saturated carbocycles. The molecule has 8 nitrogen and oxygen atoms in total. The molecule has 2 aromatic carbocycles. The minimum absolute atomic E-state index is 0.0200. The lowest BCUT2D eigenvalue weighted by Crippen LogP contribution is -2.40. The van der Waals surface area contributed by atoms with E-state index in [4.69, 9.17) is 14.9 Å². The van der Waals surface area contributed by atoms with Crippen LogP contribution in [-0.4, -0.2) is 71.9 Å². The molecule has 3 N–H and O–H groups in total. The first-order chi connectivity index (χ1) is 16.3. The summed E-state index contributed by atoms with van der Waals surface area (Å²) >= 11 is 0. The van der Waals surface area contributed by atoms with Crippen LogP contribution in [0.5, 0.6) is 0 Å². The molecule has 0 heterocycles. The van der Waals surface area contributed by atoms with E-state index in [0.29, 0.717) is 4.90 Å². The highest BCUT2D eigenvalue weighted by Gasteiger charge is 2.72. The monoisotopic (exact) mass is 474 g/mol. The van der Waals surface area contributed by atoms with Gasteiger partial charge < -0.3 is 25.2 Å². The lowest BCUT2D eigenvalue weighted by atomic mass is 9.98. The van der Waals surface area contributed by atoms with Crippen molar-refractivity contribution in [1.82, 2.24) is 10.2 Å². The molecule has 1 fully saturated rings. The minimum Gasteiger partial charge on any atom is -0.480 e. The molecule has 2 atom stereocenters. The fourth-order valence-corrected chi connectivity index (χ4v) is 4.57. The third-order valence-corrected chi connectivity index (χ3v) is 6.29. The van der Waals surface area contributed by atoms with Gasteiger partial charge in [0.1, 0.15) is 19.1 Å². The number of carbonyl (C=O) groups excluding carboxylic acids is 2. The van der Waals surface area contributed by atoms with Gasteiger partial charge in [0.05, 0.1) is 12.5 Å². The van der Waals surface area contributed by atoms with Crippen molar-refractivity contribution in [2.75, 3.05) is 32.8 Å². The number of benzene rings is 2. The Hall–Kier alpha value is -3.53. The van der Waals surface area contributed by atoms with Gasteiger partial charge >= 0.3 is 12.1 Å². The van der Waals surface area contributed by atoms with Crippen LogP contribution in [0.4, 0.5) is 13.6 Å². The van der Waals surface area contributed by atoms with Crippen LogP contribution in [0.2, 0.25) is 0 Å². The highest BCUT2D eigenvalue weighted by Crippen LogP contribution is 2.55. The Bertz CT molecular complexity index is 1060. The van der Waals surface area contributed by atoms with Crippen molar-refractivity contribution >= 4 is 18.0 Å². The molecule has 34 heavy (non-hydrogen) atoms. The molecule has 0 aromatic heterocycles. The van der Waals surface area contributed by atoms with Crippen molar-refractivity contribution < 1.29 is 38.1 Å². The number of aliphatic hydroxyl groups excluding tert-OH is 1. The molecule has 180 valence electrons. The predicted molar refractivity (Wildman–Crippen MR) is 116 cm³/mol. The molecule has 4 rings (SSSR count). The van der Waals surface area contributed by atoms with E-state index in [1.807, 2.05) is 48.5 Å². The van der Waals surface area contributed by atoms with Crippen LogP contribution >= 0.6 is 0 Å². The standard InChI is InChI=1S/C24H24F2N2O6/c25-24(26)19(21(24)22(32)28(9-10-29)12-20(30)31)11-27-23(33)34-13-18-16-7-3-1-5-14(16)15-6-2-4-8-17(15)18/h1-8,18-19,21,29H,9-13H2,(H,27,33)(H,30,31)/t19-,21-/m0/s1. The number of halogens is 2. The summed E-state index contributed by atoms with van der Waals surface area (Å²) in [4.78, 5) is 36.2. The Kier molecular flexibility index (Phi) is 6.52. The molecular formula is C24H24F2N2O6. The highest BCUT2D eigenvalue weighted by atomic mass is 19.3. The van der Waals surface area contributed by atoms with Gasteiger partial charge in [0.15, 0.2) is 0 Å². The Morgan fingerprint density at radius 2 is 1.62 bits per heavy atom. The zero-order valence-corrected chi connectivity index (χ0v) is 18.1. The van der Waals surface area contributed by atoms with Crippen LogP contribution in [0.1, 0.15) is 17.0 Å². The number of nitrogens with zero attached hydrogens (tertiary/aromatic N) is 1. The molecule has 0 bridgehead atoms. The first-order valence-corrected chi connectivity index (χ1v) is 10.8. The number of alkyl halides is 2. The second-order valence-corrected chi connectivity index (χ2v) is 8.34. The van der Waals surface area contributed by atoms with Crippen LogP contribution in [0, 0.1) is 11.8 Å². The molecule has 2 amide bonds. The van der Waals surface area contributed by atoms with Crippen LogP contribution < -0.4 is 5.32 Å². The zero-order valence-electron chi connectivity index (χ0n) is 18.1. The highest BCUT2D eigenvalue weighted by molar-refractivity contribution is 5.87. The van der Waals surface area contributed by atoms with Gasteiger partial charge in [0.2, 0.25) is 5.91 Å². The molecule has 0 unspecified atom stereocenters. The maximum Gasteiger partial charge on any atom is 0.407 e. The molecule has 2 aliphatic rings. The molecule has 0 saturated heterocycles. The number of aliphatic carboxylic acids is 1. The summed E-state index contributed by atoms with van der Waals surface area (Å²) in [6, 6.07) is 15.5. The summed E-state index contributed by atoms with van der Waals surface area (Å²) in [5.74, 6) is -9.25. The SMILES string of the molecule is O=C(O)CN(CCO)C(=O)[C@@H]1[C@H](CNC(=O)OCC2c3ccccc3-c3ccccc32)C1(F)F. The molecule has 0 aliphatic heterocycles. The summed E-state index contributed by atoms with van der Waals surface area (Å²) in [5, 5.41) is 20.2. The van der Waals surface area contributed by atoms with E-state index in [1.165, 1.54) is 0 Å². The van der Waals surface area contributed by atoms with Crippen LogP contribution in [0.25, 0.3) is 11.1 Å². The van der Waals surface area contributed by atoms with Gasteiger partial charge in [-0.15, -0.1) is 0 Å². The summed E-state index contributed by atoms with van der Waals surface area (Å²) in [7, 11) is 0. The number of carboxylic acid groups (broad SMARTS) is 1. The molecule has 10 heteroatoms. The Balaban J connectivity index is 1.33. The maximum atomic E-state index is 14.2. The normalized spacial score (nSPS) is 19.6. The molecule has 0 radical (unpaired) electrons. The second-order valence-electron chi connectivity index (χ2n) is 8.34. The van der Waals surface area contributed by atoms with E-state index in [9.17, 15) is 23.2 Å². The van der Waals surface area contributed by atoms with Gasteiger partial charge in [-0.2, -0.15) is 0 Å². The smallest absolute Gasteiger partial charge is 0.407 e. The van der Waals surface area contributed by atoms with E-state index in [-0.39, 0.29) is 19.1 Å². The van der Waals surface area contributed by atoms with Crippen LogP contribution in [0.15, 0.2) is 48.5 Å². The number of alkyl carbamates (subject to hydrolysis) is 1. The van der Waals surface area contributed by atoms with Gasteiger partial charge in [0, 0.05) is 19.0 Å². The van der Waals surface area contributed by atoms with Crippen molar-refractivity contribution in [1.29, 1.82) is 0 Å². The number of rotatable bonds is 9. The van der Waals surface area contributed by atoms with E-state index in [1.54, 1.807) is 0 Å². The van der Waals surface area contributed by atoms with Crippen molar-refractivity contribution in [3.8, 4) is 11.1 Å². The third kappa shape index (κ3) is 4.45. The largest absolute Gasteiger partial charge is 0.480 e. The number of fused-ring (bicyclic) bond motifs is 3. The van der Waals surface area contributed by atoms with Gasteiger partial charge in [-0.05, 0) is 22.3 Å². The molecule has 2 aliphatic carbocycles. The first-order valence-electron chi connectivity index (χ1n) is 10.8. The number of amides is 2. The van der Waals surface area contributed by atoms with E-state index in [2.05, 4.69) is 5.32 Å². The van der Waals surface area contributed by atoms with Gasteiger partial charge in [-0.3, -0.25) is 9.59 Å². The van der Waals surface area contributed by atoms with Crippen molar-refractivity contribution in [2.24, 2.45) is 11.8 Å². The van der Waals surface area contributed by atoms with Crippen molar-refractivity contribution in [3.63, 3.8) is 0 Å². The molecular weight excluding hydrogens is 450 g/mol. The van der Waals surface area contributed by atoms with Gasteiger partial charge in [-0.1, -0.05) is 48.5 Å². The van der Waals surface area contributed by atoms with Crippen LogP contribution in [0.3, 0.4) is 0 Å². The predicted octanol–water partition coefficient (Wildman–Crippen LogP) is 2.31. The Morgan fingerprint density at radius 1 is 1.03 bits per heavy atom. The number of carbonyl (C=O) groups is 3. The number of ether oxygens (including phenoxy) is 1. The number of aliphatic hydroxyl groups is 1. The van der Waals surface area contributed by atoms with Crippen LogP contribution in [-0.2, 0) is 14.3 Å². The Morgan fingerprint density at radius 3 is 2.18 bits per heavy atom. The lowest BCUT2D eigenvalue weighted by molar-refractivity contribution is -0.146. The number of hydrogen-bond donors (Lipinski definition) is 3. The zero-order chi connectivity index (χ0) is 24.5. The third-order valence-electron chi connectivity index (χ3n) is 6.29. The topological polar surface area (TPSA) is 116 Å². The second kappa shape index (κ2) is 9.38. The first kappa shape index (κ1) is 23.6. The molecule has 2 aromatic rings. The van der Waals surface area contributed by atoms with Gasteiger partial charge in [0.25, 0.3) is 5.92 Å². The summed E-state index contributed by atoms with van der Waals surface area (Å²) in [5.41, 5.74) is 4.14. The van der Waals surface area contributed by atoms with Crippen molar-refractivity contribution in [3.05, 3.63) is 59.7 Å². The summed E-state index contributed by atoms with van der Waals surface area (Å²) in [6.45, 7) is -2.20. The number of carboxylic acids is 1. The van der Waals surface area contributed by atoms with E-state index >= 15 is 0 Å². The van der Waals surface area contributed by atoms with E-state index < -0.39 is 55.4 Å². The van der Waals surface area contributed by atoms with Crippen molar-refractivity contribution in [2.45, 2.75) is 11.8 Å². The quantitative estimate of drug-likeness (QED) is 0.514. The minimum atomic E-state index is -3.39. The molecule has 0 spiro atoms. The van der Waals surface area contributed by atoms with E-state index in [0.717, 1.165) is 22.3 Å². The number of nitrogens with one attached hydrogen (secondary N) is 1. The summed E-state index contributed by atoms with van der Waals surface area (Å²) < 4.78 is 33.7. The average Bonchev–Trinajstić information content (AvgIpc) is 3.21. The maximum absolute atomic E-state index is 14.2. The number of hydrogen-bond acceptors (Lipinski definition) is 5.